The zero-order chi connectivity index (χ0) is 14.5. The molecule has 3 nitrogen and oxygen atoms in total. The second-order valence-corrected chi connectivity index (χ2v) is 5.12. The Labute approximate surface area is 121 Å². The van der Waals surface area contributed by atoms with Gasteiger partial charge in [0.15, 0.2) is 0 Å². The molecule has 20 heavy (non-hydrogen) atoms. The summed E-state index contributed by atoms with van der Waals surface area (Å²) in [6, 6.07) is 10.3. The van der Waals surface area contributed by atoms with Crippen molar-refractivity contribution < 1.29 is 5.11 Å². The standard InChI is InChI=1S/C17H24N2O/c1-4-7-13-8-10-14(11-9-13)17(20)16-12-15(5-2)18-19(16)6-3/h8-12,17,20H,4-7H2,1-3H3. The van der Waals surface area contributed by atoms with Gasteiger partial charge < -0.3 is 5.11 Å². The highest BCUT2D eigenvalue weighted by Gasteiger charge is 2.16. The van der Waals surface area contributed by atoms with Gasteiger partial charge in [-0.05, 0) is 37.0 Å². The van der Waals surface area contributed by atoms with E-state index in [1.54, 1.807) is 0 Å². The van der Waals surface area contributed by atoms with Gasteiger partial charge in [-0.1, -0.05) is 44.5 Å². The Hall–Kier alpha value is -1.61. The average Bonchev–Trinajstić information content (AvgIpc) is 2.91. The Morgan fingerprint density at radius 1 is 1.15 bits per heavy atom. The van der Waals surface area contributed by atoms with Gasteiger partial charge >= 0.3 is 0 Å². The SMILES string of the molecule is CCCc1ccc(C(O)c2cc(CC)nn2CC)cc1. The third-order valence-electron chi connectivity index (χ3n) is 3.64. The van der Waals surface area contributed by atoms with E-state index in [9.17, 15) is 5.11 Å². The Kier molecular flexibility index (Phi) is 4.96. The molecule has 0 saturated heterocycles. The molecule has 3 heteroatoms. The number of aromatic nitrogens is 2. The first-order valence-corrected chi connectivity index (χ1v) is 7.53. The quantitative estimate of drug-likeness (QED) is 0.874. The van der Waals surface area contributed by atoms with E-state index >= 15 is 0 Å². The van der Waals surface area contributed by atoms with Gasteiger partial charge in [-0.25, -0.2) is 0 Å². The fraction of sp³-hybridized carbons (Fsp3) is 0.471. The maximum Gasteiger partial charge on any atom is 0.121 e. The lowest BCUT2D eigenvalue weighted by molar-refractivity contribution is 0.208. The maximum absolute atomic E-state index is 10.6. The number of aliphatic hydroxyl groups excluding tert-OH is 1. The van der Waals surface area contributed by atoms with Crippen LogP contribution in [0.25, 0.3) is 0 Å². The van der Waals surface area contributed by atoms with Crippen LogP contribution in [-0.2, 0) is 19.4 Å². The highest BCUT2D eigenvalue weighted by atomic mass is 16.3. The molecule has 0 aliphatic carbocycles. The molecule has 0 saturated carbocycles. The van der Waals surface area contributed by atoms with Crippen LogP contribution in [0, 0.1) is 0 Å². The Morgan fingerprint density at radius 3 is 2.40 bits per heavy atom. The van der Waals surface area contributed by atoms with Crippen molar-refractivity contribution in [3.63, 3.8) is 0 Å². The second-order valence-electron chi connectivity index (χ2n) is 5.12. The minimum Gasteiger partial charge on any atom is -0.382 e. The van der Waals surface area contributed by atoms with Gasteiger partial charge in [0.1, 0.15) is 6.10 Å². The van der Waals surface area contributed by atoms with E-state index in [4.69, 9.17) is 0 Å². The molecule has 1 heterocycles. The maximum atomic E-state index is 10.6. The zero-order valence-corrected chi connectivity index (χ0v) is 12.6. The molecule has 0 radical (unpaired) electrons. The summed E-state index contributed by atoms with van der Waals surface area (Å²) < 4.78 is 1.89. The Bertz CT molecular complexity index is 543. The summed E-state index contributed by atoms with van der Waals surface area (Å²) in [5.74, 6) is 0. The predicted molar refractivity (Wildman–Crippen MR) is 81.8 cm³/mol. The molecule has 1 aromatic heterocycles. The van der Waals surface area contributed by atoms with E-state index in [-0.39, 0.29) is 0 Å². The topological polar surface area (TPSA) is 38.1 Å². The van der Waals surface area contributed by atoms with Crippen molar-refractivity contribution >= 4 is 0 Å². The zero-order valence-electron chi connectivity index (χ0n) is 12.6. The van der Waals surface area contributed by atoms with E-state index in [0.717, 1.165) is 42.8 Å². The van der Waals surface area contributed by atoms with Crippen molar-refractivity contribution in [1.82, 2.24) is 9.78 Å². The Balaban J connectivity index is 2.25. The van der Waals surface area contributed by atoms with Crippen LogP contribution in [-0.4, -0.2) is 14.9 Å². The van der Waals surface area contributed by atoms with Crippen LogP contribution in [0.2, 0.25) is 0 Å². The van der Waals surface area contributed by atoms with E-state index in [1.807, 2.05) is 29.8 Å². The molecule has 0 fully saturated rings. The highest BCUT2D eigenvalue weighted by molar-refractivity contribution is 5.30. The molecule has 0 spiro atoms. The molecular weight excluding hydrogens is 248 g/mol. The van der Waals surface area contributed by atoms with E-state index in [1.165, 1.54) is 5.56 Å². The lowest BCUT2D eigenvalue weighted by Crippen LogP contribution is -2.09. The molecule has 1 aromatic carbocycles. The van der Waals surface area contributed by atoms with Crippen LogP contribution >= 0.6 is 0 Å². The van der Waals surface area contributed by atoms with Crippen molar-refractivity contribution in [3.8, 4) is 0 Å². The smallest absolute Gasteiger partial charge is 0.121 e. The predicted octanol–water partition coefficient (Wildman–Crippen LogP) is 3.50. The number of hydrogen-bond donors (Lipinski definition) is 1. The molecule has 0 amide bonds. The van der Waals surface area contributed by atoms with Crippen LogP contribution in [0.3, 0.4) is 0 Å². The van der Waals surface area contributed by atoms with Crippen molar-refractivity contribution in [2.75, 3.05) is 0 Å². The molecule has 1 N–H and O–H groups in total. The summed E-state index contributed by atoms with van der Waals surface area (Å²) >= 11 is 0. The van der Waals surface area contributed by atoms with Crippen LogP contribution in [0.4, 0.5) is 0 Å². The van der Waals surface area contributed by atoms with Gasteiger partial charge in [0.25, 0.3) is 0 Å². The first-order valence-electron chi connectivity index (χ1n) is 7.53. The summed E-state index contributed by atoms with van der Waals surface area (Å²) in [4.78, 5) is 0. The lowest BCUT2D eigenvalue weighted by atomic mass is 10.0. The first-order chi connectivity index (χ1) is 9.69. The molecule has 0 bridgehead atoms. The summed E-state index contributed by atoms with van der Waals surface area (Å²) in [7, 11) is 0. The second kappa shape index (κ2) is 6.71. The number of benzene rings is 1. The van der Waals surface area contributed by atoms with Gasteiger partial charge in [-0.3, -0.25) is 4.68 Å². The van der Waals surface area contributed by atoms with E-state index in [2.05, 4.69) is 31.1 Å². The number of aliphatic hydroxyl groups is 1. The number of nitrogens with zero attached hydrogens (tertiary/aromatic N) is 2. The number of rotatable bonds is 6. The van der Waals surface area contributed by atoms with Crippen LogP contribution in [0.5, 0.6) is 0 Å². The Morgan fingerprint density at radius 2 is 1.85 bits per heavy atom. The average molecular weight is 272 g/mol. The molecule has 2 rings (SSSR count). The summed E-state index contributed by atoms with van der Waals surface area (Å²) in [5.41, 5.74) is 4.17. The van der Waals surface area contributed by atoms with E-state index < -0.39 is 6.10 Å². The summed E-state index contributed by atoms with van der Waals surface area (Å²) in [6.45, 7) is 7.08. The van der Waals surface area contributed by atoms with Crippen molar-refractivity contribution in [1.29, 1.82) is 0 Å². The van der Waals surface area contributed by atoms with Crippen molar-refractivity contribution in [2.24, 2.45) is 0 Å². The summed E-state index contributed by atoms with van der Waals surface area (Å²) in [6.07, 6.45) is 2.52. The number of hydrogen-bond acceptors (Lipinski definition) is 2. The number of aryl methyl sites for hydroxylation is 3. The molecule has 0 aliphatic rings. The fourth-order valence-corrected chi connectivity index (χ4v) is 2.46. The lowest BCUT2D eigenvalue weighted by Gasteiger charge is -2.13. The van der Waals surface area contributed by atoms with Crippen LogP contribution in [0.1, 0.15) is 55.8 Å². The fourth-order valence-electron chi connectivity index (χ4n) is 2.46. The molecule has 1 atom stereocenters. The van der Waals surface area contributed by atoms with Crippen LogP contribution < -0.4 is 0 Å². The van der Waals surface area contributed by atoms with Crippen LogP contribution in [0.15, 0.2) is 30.3 Å². The molecule has 108 valence electrons. The molecular formula is C17H24N2O. The van der Waals surface area contributed by atoms with Gasteiger partial charge in [0, 0.05) is 6.54 Å². The third-order valence-corrected chi connectivity index (χ3v) is 3.64. The van der Waals surface area contributed by atoms with Gasteiger partial charge in [0.05, 0.1) is 11.4 Å². The molecule has 2 aromatic rings. The minimum atomic E-state index is -0.599. The van der Waals surface area contributed by atoms with Gasteiger partial charge in [-0.2, -0.15) is 5.10 Å². The monoisotopic (exact) mass is 272 g/mol. The van der Waals surface area contributed by atoms with Gasteiger partial charge in [0.2, 0.25) is 0 Å². The van der Waals surface area contributed by atoms with E-state index in [0.29, 0.717) is 0 Å². The normalized spacial score (nSPS) is 12.6. The van der Waals surface area contributed by atoms with Gasteiger partial charge in [-0.15, -0.1) is 0 Å². The van der Waals surface area contributed by atoms with Crippen molar-refractivity contribution in [3.05, 3.63) is 52.8 Å². The molecule has 1 unspecified atom stereocenters. The highest BCUT2D eigenvalue weighted by Crippen LogP contribution is 2.23. The van der Waals surface area contributed by atoms with Crippen molar-refractivity contribution in [2.45, 2.75) is 52.7 Å². The third kappa shape index (κ3) is 3.10. The minimum absolute atomic E-state index is 0.599. The largest absolute Gasteiger partial charge is 0.382 e. The summed E-state index contributed by atoms with van der Waals surface area (Å²) in [5, 5.41) is 15.1. The molecule has 0 aliphatic heterocycles. The first kappa shape index (κ1) is 14.8.